The smallest absolute Gasteiger partial charge is 0.414 e. The first-order chi connectivity index (χ1) is 14.9. The zero-order chi connectivity index (χ0) is 22.4. The molecule has 0 bridgehead atoms. The number of amides is 4. The first-order valence-electron chi connectivity index (χ1n) is 9.86. The SMILES string of the molecule is CCOC(=O)NC(=O)c1ccsc1NC(=O)c1ccc(C(=O)N2CCCCC2)cc1F. The molecule has 1 aromatic carbocycles. The van der Waals surface area contributed by atoms with Crippen molar-refractivity contribution >= 4 is 40.2 Å². The molecule has 164 valence electrons. The van der Waals surface area contributed by atoms with Gasteiger partial charge < -0.3 is 15.0 Å². The molecule has 0 radical (unpaired) electrons. The molecule has 10 heteroatoms. The number of hydrogen-bond donors (Lipinski definition) is 2. The van der Waals surface area contributed by atoms with Crippen LogP contribution in [-0.2, 0) is 4.74 Å². The van der Waals surface area contributed by atoms with E-state index in [9.17, 15) is 23.6 Å². The molecule has 2 aromatic rings. The first kappa shape index (κ1) is 22.4. The summed E-state index contributed by atoms with van der Waals surface area (Å²) in [5.41, 5.74) is -0.0365. The summed E-state index contributed by atoms with van der Waals surface area (Å²) in [6, 6.07) is 5.13. The Labute approximate surface area is 182 Å². The molecule has 1 aliphatic heterocycles. The minimum absolute atomic E-state index is 0.0451. The normalized spacial score (nSPS) is 13.4. The van der Waals surface area contributed by atoms with Gasteiger partial charge in [-0.15, -0.1) is 11.3 Å². The first-order valence-corrected chi connectivity index (χ1v) is 10.7. The van der Waals surface area contributed by atoms with Crippen LogP contribution in [0.5, 0.6) is 0 Å². The van der Waals surface area contributed by atoms with Crippen LogP contribution < -0.4 is 10.6 Å². The van der Waals surface area contributed by atoms with Crippen LogP contribution >= 0.6 is 11.3 Å². The number of piperidine rings is 1. The molecule has 0 aliphatic carbocycles. The van der Waals surface area contributed by atoms with Crippen molar-refractivity contribution in [2.45, 2.75) is 26.2 Å². The molecule has 3 rings (SSSR count). The fourth-order valence-electron chi connectivity index (χ4n) is 3.19. The number of carbonyl (C=O) groups excluding carboxylic acids is 4. The molecule has 0 unspecified atom stereocenters. The number of halogens is 1. The molecule has 1 aliphatic rings. The Morgan fingerprint density at radius 3 is 2.48 bits per heavy atom. The van der Waals surface area contributed by atoms with Crippen molar-refractivity contribution < 1.29 is 28.3 Å². The highest BCUT2D eigenvalue weighted by atomic mass is 32.1. The Balaban J connectivity index is 1.70. The summed E-state index contributed by atoms with van der Waals surface area (Å²) >= 11 is 1.05. The lowest BCUT2D eigenvalue weighted by atomic mass is 10.1. The van der Waals surface area contributed by atoms with E-state index in [0.717, 1.165) is 36.7 Å². The number of nitrogens with one attached hydrogen (secondary N) is 2. The summed E-state index contributed by atoms with van der Waals surface area (Å²) < 4.78 is 19.3. The van der Waals surface area contributed by atoms with Crippen LogP contribution in [0, 0.1) is 5.82 Å². The molecule has 2 N–H and O–H groups in total. The van der Waals surface area contributed by atoms with Gasteiger partial charge in [-0.25, -0.2) is 9.18 Å². The number of imide groups is 1. The highest BCUT2D eigenvalue weighted by molar-refractivity contribution is 7.14. The van der Waals surface area contributed by atoms with Crippen molar-refractivity contribution in [2.75, 3.05) is 25.0 Å². The van der Waals surface area contributed by atoms with Gasteiger partial charge >= 0.3 is 6.09 Å². The van der Waals surface area contributed by atoms with Crippen molar-refractivity contribution in [1.82, 2.24) is 10.2 Å². The number of hydrogen-bond acceptors (Lipinski definition) is 6. The van der Waals surface area contributed by atoms with Crippen molar-refractivity contribution in [3.63, 3.8) is 0 Å². The second-order valence-corrected chi connectivity index (χ2v) is 7.76. The number of nitrogens with zero attached hydrogens (tertiary/aromatic N) is 1. The molecule has 31 heavy (non-hydrogen) atoms. The van der Waals surface area contributed by atoms with Crippen LogP contribution in [0.4, 0.5) is 14.2 Å². The molecule has 0 saturated carbocycles. The summed E-state index contributed by atoms with van der Waals surface area (Å²) in [6.07, 6.45) is 2.00. The van der Waals surface area contributed by atoms with Crippen molar-refractivity contribution in [2.24, 2.45) is 0 Å². The lowest BCUT2D eigenvalue weighted by molar-refractivity contribution is 0.0723. The average Bonchev–Trinajstić information content (AvgIpc) is 3.22. The summed E-state index contributed by atoms with van der Waals surface area (Å²) in [6.45, 7) is 2.97. The quantitative estimate of drug-likeness (QED) is 0.728. The molecule has 1 aromatic heterocycles. The zero-order valence-corrected chi connectivity index (χ0v) is 17.7. The number of rotatable bonds is 5. The van der Waals surface area contributed by atoms with E-state index in [1.807, 2.05) is 5.32 Å². The lowest BCUT2D eigenvalue weighted by Crippen LogP contribution is -2.35. The predicted molar refractivity (Wildman–Crippen MR) is 113 cm³/mol. The second kappa shape index (κ2) is 10.2. The van der Waals surface area contributed by atoms with Gasteiger partial charge in [0.25, 0.3) is 17.7 Å². The van der Waals surface area contributed by atoms with E-state index < -0.39 is 23.7 Å². The number of carbonyl (C=O) groups is 4. The van der Waals surface area contributed by atoms with Crippen LogP contribution in [0.1, 0.15) is 57.3 Å². The molecule has 8 nitrogen and oxygen atoms in total. The molecule has 0 atom stereocenters. The van der Waals surface area contributed by atoms with E-state index in [0.29, 0.717) is 13.1 Å². The molecule has 0 spiro atoms. The fourth-order valence-corrected chi connectivity index (χ4v) is 3.97. The molecular weight excluding hydrogens is 425 g/mol. The van der Waals surface area contributed by atoms with Gasteiger partial charge in [0.05, 0.1) is 17.7 Å². The van der Waals surface area contributed by atoms with Crippen molar-refractivity contribution in [1.29, 1.82) is 0 Å². The lowest BCUT2D eigenvalue weighted by Gasteiger charge is -2.26. The summed E-state index contributed by atoms with van der Waals surface area (Å²) in [5, 5.41) is 6.22. The Morgan fingerprint density at radius 1 is 1.06 bits per heavy atom. The van der Waals surface area contributed by atoms with E-state index in [2.05, 4.69) is 10.1 Å². The topological polar surface area (TPSA) is 105 Å². The summed E-state index contributed by atoms with van der Waals surface area (Å²) in [4.78, 5) is 50.4. The third kappa shape index (κ3) is 5.46. The van der Waals surface area contributed by atoms with E-state index in [1.165, 1.54) is 18.2 Å². The monoisotopic (exact) mass is 447 g/mol. The molecular formula is C21H22FN3O5S. The van der Waals surface area contributed by atoms with Crippen LogP contribution in [0.2, 0.25) is 0 Å². The Bertz CT molecular complexity index is 1000. The number of thiophene rings is 1. The van der Waals surface area contributed by atoms with E-state index in [-0.39, 0.29) is 34.2 Å². The van der Waals surface area contributed by atoms with Gasteiger partial charge in [0.1, 0.15) is 10.8 Å². The average molecular weight is 447 g/mol. The van der Waals surface area contributed by atoms with Crippen LogP contribution in [-0.4, -0.2) is 48.4 Å². The van der Waals surface area contributed by atoms with Gasteiger partial charge in [-0.05, 0) is 55.8 Å². The van der Waals surface area contributed by atoms with Gasteiger partial charge in [0, 0.05) is 18.7 Å². The third-order valence-corrected chi connectivity index (χ3v) is 5.56. The van der Waals surface area contributed by atoms with Crippen LogP contribution in [0.25, 0.3) is 0 Å². The molecule has 4 amide bonds. The van der Waals surface area contributed by atoms with Crippen molar-refractivity contribution in [3.05, 3.63) is 52.2 Å². The zero-order valence-electron chi connectivity index (χ0n) is 16.9. The maximum absolute atomic E-state index is 14.6. The van der Waals surface area contributed by atoms with Crippen LogP contribution in [0.15, 0.2) is 29.6 Å². The molecule has 1 saturated heterocycles. The second-order valence-electron chi connectivity index (χ2n) is 6.84. The van der Waals surface area contributed by atoms with Gasteiger partial charge in [0.15, 0.2) is 0 Å². The number of benzene rings is 1. The van der Waals surface area contributed by atoms with Gasteiger partial charge in [0.2, 0.25) is 0 Å². The van der Waals surface area contributed by atoms with E-state index in [1.54, 1.807) is 17.2 Å². The van der Waals surface area contributed by atoms with Gasteiger partial charge in [-0.3, -0.25) is 19.7 Å². The van der Waals surface area contributed by atoms with E-state index >= 15 is 0 Å². The largest absolute Gasteiger partial charge is 0.450 e. The number of anilines is 1. The number of alkyl carbamates (subject to hydrolysis) is 1. The number of likely N-dealkylation sites (tertiary alicyclic amines) is 1. The minimum atomic E-state index is -0.906. The standard InChI is InChI=1S/C21H22FN3O5S/c1-2-30-21(29)24-18(27)15-8-11-31-19(15)23-17(26)14-7-6-13(12-16(14)22)20(28)25-9-4-3-5-10-25/h6-8,11-12H,2-5,9-10H2,1H3,(H,23,26)(H,24,27,29). The maximum atomic E-state index is 14.6. The third-order valence-electron chi connectivity index (χ3n) is 4.73. The highest BCUT2D eigenvalue weighted by Gasteiger charge is 2.22. The summed E-state index contributed by atoms with van der Waals surface area (Å²) in [7, 11) is 0. The Morgan fingerprint density at radius 2 is 1.81 bits per heavy atom. The van der Waals surface area contributed by atoms with Gasteiger partial charge in [-0.2, -0.15) is 0 Å². The van der Waals surface area contributed by atoms with Gasteiger partial charge in [-0.1, -0.05) is 0 Å². The fraction of sp³-hybridized carbons (Fsp3) is 0.333. The highest BCUT2D eigenvalue weighted by Crippen LogP contribution is 2.25. The summed E-state index contributed by atoms with van der Waals surface area (Å²) in [5.74, 6) is -2.63. The Hall–Kier alpha value is -3.27. The molecule has 2 heterocycles. The van der Waals surface area contributed by atoms with Crippen molar-refractivity contribution in [3.8, 4) is 0 Å². The molecule has 1 fully saturated rings. The van der Waals surface area contributed by atoms with E-state index in [4.69, 9.17) is 0 Å². The predicted octanol–water partition coefficient (Wildman–Crippen LogP) is 3.65. The van der Waals surface area contributed by atoms with Crippen LogP contribution in [0.3, 0.4) is 0 Å². The Kier molecular flexibility index (Phi) is 7.35. The number of ether oxygens (including phenoxy) is 1. The minimum Gasteiger partial charge on any atom is -0.450 e. The maximum Gasteiger partial charge on any atom is 0.414 e.